The molecular weight excluding hydrogens is 330 g/mol. The maximum absolute atomic E-state index is 12.4. The van der Waals surface area contributed by atoms with Gasteiger partial charge < -0.3 is 9.26 Å². The molecule has 24 heavy (non-hydrogen) atoms. The first-order valence-corrected chi connectivity index (χ1v) is 8.31. The highest BCUT2D eigenvalue weighted by atomic mass is 35.5. The SMILES string of the molecule is CC(C)(C)OC(=O)N1CCCC1c1nc(-c2ccccc2Cl)no1. The van der Waals surface area contributed by atoms with Gasteiger partial charge in [-0.05, 0) is 45.7 Å². The second-order valence-electron chi connectivity index (χ2n) is 6.77. The normalized spacial score (nSPS) is 18.0. The smallest absolute Gasteiger partial charge is 0.410 e. The van der Waals surface area contributed by atoms with Gasteiger partial charge in [-0.3, -0.25) is 4.90 Å². The van der Waals surface area contributed by atoms with E-state index in [1.165, 1.54) is 0 Å². The molecule has 0 aliphatic carbocycles. The predicted octanol–water partition coefficient (Wildman–Crippen LogP) is 4.46. The monoisotopic (exact) mass is 349 g/mol. The van der Waals surface area contributed by atoms with Crippen molar-refractivity contribution in [1.82, 2.24) is 15.0 Å². The summed E-state index contributed by atoms with van der Waals surface area (Å²) in [6, 6.07) is 7.05. The number of ether oxygens (including phenoxy) is 1. The Morgan fingerprint density at radius 3 is 2.83 bits per heavy atom. The Morgan fingerprint density at radius 2 is 2.12 bits per heavy atom. The average molecular weight is 350 g/mol. The first kappa shape index (κ1) is 16.8. The predicted molar refractivity (Wildman–Crippen MR) is 89.7 cm³/mol. The fourth-order valence-electron chi connectivity index (χ4n) is 2.69. The largest absolute Gasteiger partial charge is 0.444 e. The third kappa shape index (κ3) is 3.53. The molecule has 1 saturated heterocycles. The van der Waals surface area contributed by atoms with E-state index in [2.05, 4.69) is 10.1 Å². The quantitative estimate of drug-likeness (QED) is 0.800. The van der Waals surface area contributed by atoms with Crippen molar-refractivity contribution < 1.29 is 14.1 Å². The number of halogens is 1. The number of rotatable bonds is 2. The van der Waals surface area contributed by atoms with Crippen LogP contribution in [0.3, 0.4) is 0 Å². The Hall–Kier alpha value is -2.08. The third-order valence-corrected chi connectivity index (χ3v) is 4.05. The van der Waals surface area contributed by atoms with E-state index >= 15 is 0 Å². The van der Waals surface area contributed by atoms with Gasteiger partial charge in [0.2, 0.25) is 11.7 Å². The highest BCUT2D eigenvalue weighted by Crippen LogP contribution is 2.34. The Bertz CT molecular complexity index is 739. The van der Waals surface area contributed by atoms with Crippen LogP contribution >= 0.6 is 11.6 Å². The van der Waals surface area contributed by atoms with Crippen LogP contribution in [-0.4, -0.2) is 33.3 Å². The van der Waals surface area contributed by atoms with Crippen LogP contribution < -0.4 is 0 Å². The van der Waals surface area contributed by atoms with Crippen molar-refractivity contribution >= 4 is 17.7 Å². The van der Waals surface area contributed by atoms with Gasteiger partial charge in [0.05, 0.1) is 5.02 Å². The lowest BCUT2D eigenvalue weighted by molar-refractivity contribution is 0.0199. The second-order valence-corrected chi connectivity index (χ2v) is 7.18. The fraction of sp³-hybridized carbons (Fsp3) is 0.471. The molecule has 0 saturated carbocycles. The lowest BCUT2D eigenvalue weighted by Crippen LogP contribution is -2.36. The van der Waals surface area contributed by atoms with Gasteiger partial charge in [-0.2, -0.15) is 4.98 Å². The lowest BCUT2D eigenvalue weighted by Gasteiger charge is -2.26. The Morgan fingerprint density at radius 1 is 1.38 bits per heavy atom. The molecular formula is C17H20ClN3O3. The van der Waals surface area contributed by atoms with E-state index in [9.17, 15) is 4.79 Å². The Kier molecular flexibility index (Phi) is 4.49. The summed E-state index contributed by atoms with van der Waals surface area (Å²) in [4.78, 5) is 18.5. The molecule has 1 fully saturated rings. The van der Waals surface area contributed by atoms with Crippen molar-refractivity contribution in [2.45, 2.75) is 45.3 Å². The van der Waals surface area contributed by atoms with Crippen LogP contribution in [-0.2, 0) is 4.74 Å². The fourth-order valence-corrected chi connectivity index (χ4v) is 2.91. The van der Waals surface area contributed by atoms with Gasteiger partial charge in [0.15, 0.2) is 0 Å². The van der Waals surface area contributed by atoms with Gasteiger partial charge in [0, 0.05) is 12.1 Å². The maximum atomic E-state index is 12.4. The van der Waals surface area contributed by atoms with E-state index in [1.54, 1.807) is 11.0 Å². The van der Waals surface area contributed by atoms with Crippen molar-refractivity contribution in [3.05, 3.63) is 35.2 Å². The molecule has 1 amide bonds. The number of aromatic nitrogens is 2. The number of hydrogen-bond donors (Lipinski definition) is 0. The zero-order chi connectivity index (χ0) is 17.3. The van der Waals surface area contributed by atoms with Crippen LogP contribution in [0.4, 0.5) is 4.79 Å². The number of carbonyl (C=O) groups excluding carboxylic acids is 1. The first-order valence-electron chi connectivity index (χ1n) is 7.93. The molecule has 128 valence electrons. The Balaban J connectivity index is 1.81. The van der Waals surface area contributed by atoms with Crippen LogP contribution in [0.15, 0.2) is 28.8 Å². The zero-order valence-corrected chi connectivity index (χ0v) is 14.7. The van der Waals surface area contributed by atoms with E-state index in [4.69, 9.17) is 20.9 Å². The molecule has 1 aromatic heterocycles. The van der Waals surface area contributed by atoms with E-state index < -0.39 is 5.60 Å². The van der Waals surface area contributed by atoms with Gasteiger partial charge in [0.1, 0.15) is 11.6 Å². The highest BCUT2D eigenvalue weighted by Gasteiger charge is 2.36. The summed E-state index contributed by atoms with van der Waals surface area (Å²) in [6.45, 7) is 6.15. The molecule has 7 heteroatoms. The van der Waals surface area contributed by atoms with Gasteiger partial charge in [-0.15, -0.1) is 0 Å². The van der Waals surface area contributed by atoms with Crippen LogP contribution in [0.25, 0.3) is 11.4 Å². The van der Waals surface area contributed by atoms with Crippen LogP contribution in [0.2, 0.25) is 5.02 Å². The van der Waals surface area contributed by atoms with Crippen LogP contribution in [0, 0.1) is 0 Å². The highest BCUT2D eigenvalue weighted by molar-refractivity contribution is 6.33. The standard InChI is InChI=1S/C17H20ClN3O3/c1-17(2,3)23-16(22)21-10-6-9-13(21)15-19-14(20-24-15)11-7-4-5-8-12(11)18/h4-5,7-8,13H,6,9-10H2,1-3H3. The Labute approximate surface area is 145 Å². The molecule has 1 atom stereocenters. The second kappa shape index (κ2) is 6.43. The van der Waals surface area contributed by atoms with E-state index in [0.29, 0.717) is 28.8 Å². The summed E-state index contributed by atoms with van der Waals surface area (Å²) in [7, 11) is 0. The van der Waals surface area contributed by atoms with Gasteiger partial charge in [-0.25, -0.2) is 4.79 Å². The molecule has 1 aliphatic rings. The molecule has 1 aliphatic heterocycles. The molecule has 2 aromatic rings. The summed E-state index contributed by atoms with van der Waals surface area (Å²) in [5.74, 6) is 0.833. The van der Waals surface area contributed by atoms with Gasteiger partial charge in [-0.1, -0.05) is 28.9 Å². The number of nitrogens with zero attached hydrogens (tertiary/aromatic N) is 3. The zero-order valence-electron chi connectivity index (χ0n) is 14.0. The maximum Gasteiger partial charge on any atom is 0.410 e. The summed E-state index contributed by atoms with van der Waals surface area (Å²) in [5, 5.41) is 4.57. The molecule has 2 heterocycles. The molecule has 0 radical (unpaired) electrons. The van der Waals surface area contributed by atoms with E-state index in [-0.39, 0.29) is 12.1 Å². The first-order chi connectivity index (χ1) is 11.3. The van der Waals surface area contributed by atoms with Crippen molar-refractivity contribution in [2.75, 3.05) is 6.54 Å². The minimum Gasteiger partial charge on any atom is -0.444 e. The number of carbonyl (C=O) groups is 1. The molecule has 1 aromatic carbocycles. The van der Waals surface area contributed by atoms with Crippen molar-refractivity contribution in [3.8, 4) is 11.4 Å². The molecule has 6 nitrogen and oxygen atoms in total. The topological polar surface area (TPSA) is 68.5 Å². The lowest BCUT2D eigenvalue weighted by atomic mass is 10.2. The summed E-state index contributed by atoms with van der Waals surface area (Å²) < 4.78 is 10.9. The van der Waals surface area contributed by atoms with Crippen molar-refractivity contribution in [1.29, 1.82) is 0 Å². The van der Waals surface area contributed by atoms with Crippen LogP contribution in [0.1, 0.15) is 45.5 Å². The van der Waals surface area contributed by atoms with Crippen LogP contribution in [0.5, 0.6) is 0 Å². The minimum atomic E-state index is -0.540. The van der Waals surface area contributed by atoms with Crippen molar-refractivity contribution in [3.63, 3.8) is 0 Å². The summed E-state index contributed by atoms with van der Waals surface area (Å²) in [5.41, 5.74) is 0.165. The molecule has 0 spiro atoms. The van der Waals surface area contributed by atoms with Gasteiger partial charge >= 0.3 is 6.09 Å². The molecule has 0 bridgehead atoms. The number of benzene rings is 1. The summed E-state index contributed by atoms with van der Waals surface area (Å²) >= 11 is 6.17. The number of likely N-dealkylation sites (tertiary alicyclic amines) is 1. The molecule has 1 unspecified atom stereocenters. The van der Waals surface area contributed by atoms with Crippen molar-refractivity contribution in [2.24, 2.45) is 0 Å². The number of amides is 1. The third-order valence-electron chi connectivity index (χ3n) is 3.72. The average Bonchev–Trinajstić information content (AvgIpc) is 3.14. The summed E-state index contributed by atoms with van der Waals surface area (Å²) in [6.07, 6.45) is 1.28. The van der Waals surface area contributed by atoms with E-state index in [0.717, 1.165) is 12.8 Å². The molecule has 3 rings (SSSR count). The van der Waals surface area contributed by atoms with Gasteiger partial charge in [0.25, 0.3) is 0 Å². The molecule has 0 N–H and O–H groups in total. The number of hydrogen-bond acceptors (Lipinski definition) is 5. The minimum absolute atomic E-state index is 0.261. The van der Waals surface area contributed by atoms with E-state index in [1.807, 2.05) is 39.0 Å².